The van der Waals surface area contributed by atoms with Crippen LogP contribution < -0.4 is 20.5 Å². The Morgan fingerprint density at radius 3 is 2.30 bits per heavy atom. The number of carbonyl (C=O) groups excluding carboxylic acids is 1. The maximum Gasteiger partial charge on any atom is 0.258 e. The molecule has 3 heterocycles. The number of halogens is 1. The number of benzene rings is 1. The van der Waals surface area contributed by atoms with E-state index < -0.39 is 5.41 Å². The molecule has 0 spiro atoms. The van der Waals surface area contributed by atoms with E-state index in [1.165, 1.54) is 6.07 Å². The molecular weight excluding hydrogens is 490 g/mol. The SMILES string of the molecule is CCCc1cnc(N2CCC(Oc3ccn(-c4ccc(NC(=O)C(C)(C)C)cc4)c(=O)c3)CC2)nc1.Cl. The molecule has 1 aliphatic heterocycles. The molecule has 0 bridgehead atoms. The van der Waals surface area contributed by atoms with Crippen molar-refractivity contribution in [3.63, 3.8) is 0 Å². The molecule has 0 aliphatic carbocycles. The summed E-state index contributed by atoms with van der Waals surface area (Å²) in [6.07, 6.45) is 9.35. The third kappa shape index (κ3) is 7.32. The maximum absolute atomic E-state index is 12.8. The Hall–Kier alpha value is -3.39. The molecule has 0 unspecified atom stereocenters. The highest BCUT2D eigenvalue weighted by Crippen LogP contribution is 2.22. The van der Waals surface area contributed by atoms with Crippen LogP contribution in [0.1, 0.15) is 52.5 Å². The van der Waals surface area contributed by atoms with Gasteiger partial charge in [0.15, 0.2) is 0 Å². The molecule has 0 atom stereocenters. The van der Waals surface area contributed by atoms with Gasteiger partial charge in [0, 0.05) is 67.4 Å². The van der Waals surface area contributed by atoms with E-state index in [1.54, 1.807) is 22.9 Å². The minimum Gasteiger partial charge on any atom is -0.490 e. The predicted octanol–water partition coefficient (Wildman–Crippen LogP) is 5.03. The highest BCUT2D eigenvalue weighted by Gasteiger charge is 2.23. The molecule has 1 N–H and O–H groups in total. The van der Waals surface area contributed by atoms with Gasteiger partial charge in [0.05, 0.1) is 0 Å². The molecule has 37 heavy (non-hydrogen) atoms. The van der Waals surface area contributed by atoms with Gasteiger partial charge in [-0.2, -0.15) is 0 Å². The van der Waals surface area contributed by atoms with Gasteiger partial charge in [-0.05, 0) is 42.3 Å². The Kier molecular flexibility index (Phi) is 9.32. The molecule has 198 valence electrons. The Morgan fingerprint density at radius 2 is 1.73 bits per heavy atom. The molecule has 0 radical (unpaired) electrons. The lowest BCUT2D eigenvalue weighted by atomic mass is 9.95. The zero-order chi connectivity index (χ0) is 25.7. The minimum atomic E-state index is -0.476. The van der Waals surface area contributed by atoms with E-state index in [9.17, 15) is 9.59 Å². The van der Waals surface area contributed by atoms with Crippen molar-refractivity contribution >= 4 is 29.9 Å². The van der Waals surface area contributed by atoms with Crippen molar-refractivity contribution in [1.82, 2.24) is 14.5 Å². The number of hydrogen-bond acceptors (Lipinski definition) is 6. The number of piperidine rings is 1. The summed E-state index contributed by atoms with van der Waals surface area (Å²) in [7, 11) is 0. The van der Waals surface area contributed by atoms with Crippen LogP contribution in [-0.2, 0) is 11.2 Å². The number of amides is 1. The van der Waals surface area contributed by atoms with Crippen molar-refractivity contribution in [1.29, 1.82) is 0 Å². The van der Waals surface area contributed by atoms with Gasteiger partial charge in [-0.1, -0.05) is 34.1 Å². The average Bonchev–Trinajstić information content (AvgIpc) is 2.85. The lowest BCUT2D eigenvalue weighted by Crippen LogP contribution is -2.39. The number of aromatic nitrogens is 3. The second-order valence-corrected chi connectivity index (χ2v) is 10.3. The van der Waals surface area contributed by atoms with Crippen LogP contribution >= 0.6 is 12.4 Å². The summed E-state index contributed by atoms with van der Waals surface area (Å²) in [5, 5.41) is 2.89. The van der Waals surface area contributed by atoms with Crippen molar-refractivity contribution in [2.24, 2.45) is 5.41 Å². The van der Waals surface area contributed by atoms with Gasteiger partial charge in [0.25, 0.3) is 5.56 Å². The Morgan fingerprint density at radius 1 is 1.08 bits per heavy atom. The number of nitrogens with one attached hydrogen (secondary N) is 1. The molecule has 8 nitrogen and oxygen atoms in total. The summed E-state index contributed by atoms with van der Waals surface area (Å²) in [6.45, 7) is 9.37. The monoisotopic (exact) mass is 525 g/mol. The first-order chi connectivity index (χ1) is 17.2. The van der Waals surface area contributed by atoms with Gasteiger partial charge >= 0.3 is 0 Å². The lowest BCUT2D eigenvalue weighted by molar-refractivity contribution is -0.123. The van der Waals surface area contributed by atoms with Crippen LogP contribution in [0.4, 0.5) is 11.6 Å². The average molecular weight is 526 g/mol. The van der Waals surface area contributed by atoms with Crippen LogP contribution in [0.3, 0.4) is 0 Å². The first-order valence-electron chi connectivity index (χ1n) is 12.6. The lowest BCUT2D eigenvalue weighted by Gasteiger charge is -2.32. The number of rotatable bonds is 7. The highest BCUT2D eigenvalue weighted by atomic mass is 35.5. The molecule has 1 aromatic carbocycles. The third-order valence-corrected chi connectivity index (χ3v) is 6.23. The van der Waals surface area contributed by atoms with Crippen molar-refractivity contribution in [3.05, 3.63) is 70.9 Å². The van der Waals surface area contributed by atoms with E-state index in [0.29, 0.717) is 11.4 Å². The summed E-state index contributed by atoms with van der Waals surface area (Å²) in [6, 6.07) is 10.6. The number of pyridine rings is 1. The molecule has 1 amide bonds. The summed E-state index contributed by atoms with van der Waals surface area (Å²) < 4.78 is 7.69. The number of ether oxygens (including phenoxy) is 1. The van der Waals surface area contributed by atoms with Crippen LogP contribution in [0.2, 0.25) is 0 Å². The zero-order valence-electron chi connectivity index (χ0n) is 21.9. The molecule has 1 saturated heterocycles. The van der Waals surface area contributed by atoms with Gasteiger partial charge in [-0.25, -0.2) is 9.97 Å². The van der Waals surface area contributed by atoms with Gasteiger partial charge in [-0.3, -0.25) is 14.2 Å². The van der Waals surface area contributed by atoms with E-state index in [0.717, 1.165) is 56.0 Å². The summed E-state index contributed by atoms with van der Waals surface area (Å²) in [5.74, 6) is 1.28. The van der Waals surface area contributed by atoms with E-state index in [-0.39, 0.29) is 30.0 Å². The zero-order valence-corrected chi connectivity index (χ0v) is 22.8. The summed E-state index contributed by atoms with van der Waals surface area (Å²) in [5.41, 5.74) is 1.93. The number of aryl methyl sites for hydroxylation is 1. The van der Waals surface area contributed by atoms with E-state index in [4.69, 9.17) is 4.74 Å². The predicted molar refractivity (Wildman–Crippen MR) is 149 cm³/mol. The maximum atomic E-state index is 12.8. The van der Waals surface area contributed by atoms with E-state index in [2.05, 4.69) is 27.1 Å². The van der Waals surface area contributed by atoms with Crippen LogP contribution in [0.5, 0.6) is 5.75 Å². The van der Waals surface area contributed by atoms with Gasteiger partial charge < -0.3 is 15.0 Å². The molecule has 1 aliphatic rings. The summed E-state index contributed by atoms with van der Waals surface area (Å²) >= 11 is 0. The number of carbonyl (C=O) groups is 1. The standard InChI is InChI=1S/C28H35N5O3.ClH/c1-5-6-20-18-29-27(30-19-20)32-14-11-23(12-15-32)36-24-13-16-33(25(34)17-24)22-9-7-21(8-10-22)31-26(35)28(2,3)4;/h7-10,13,16-19,23H,5-6,11-12,14-15H2,1-4H3,(H,31,35);1H. The van der Waals surface area contributed by atoms with E-state index >= 15 is 0 Å². The molecule has 0 saturated carbocycles. The summed E-state index contributed by atoms with van der Waals surface area (Å²) in [4.78, 5) is 36.2. The van der Waals surface area contributed by atoms with Crippen molar-refractivity contribution in [2.75, 3.05) is 23.3 Å². The van der Waals surface area contributed by atoms with Crippen LogP contribution in [0, 0.1) is 5.41 Å². The fraction of sp³-hybridized carbons (Fsp3) is 0.429. The van der Waals surface area contributed by atoms with Crippen molar-refractivity contribution in [3.8, 4) is 11.4 Å². The second-order valence-electron chi connectivity index (χ2n) is 10.3. The smallest absolute Gasteiger partial charge is 0.258 e. The van der Waals surface area contributed by atoms with Crippen LogP contribution in [0.15, 0.2) is 59.8 Å². The Bertz CT molecular complexity index is 1230. The van der Waals surface area contributed by atoms with E-state index in [1.807, 2.05) is 51.4 Å². The molecule has 4 rings (SSSR count). The van der Waals surface area contributed by atoms with Crippen molar-refractivity contribution < 1.29 is 9.53 Å². The number of anilines is 2. The van der Waals surface area contributed by atoms with Crippen LogP contribution in [-0.4, -0.2) is 39.6 Å². The quantitative estimate of drug-likeness (QED) is 0.465. The molecule has 2 aromatic heterocycles. The van der Waals surface area contributed by atoms with Crippen LogP contribution in [0.25, 0.3) is 5.69 Å². The normalized spacial score (nSPS) is 14.1. The van der Waals surface area contributed by atoms with Gasteiger partial charge in [0.2, 0.25) is 11.9 Å². The molecule has 1 fully saturated rings. The Labute approximate surface area is 224 Å². The molecular formula is C28H36ClN5O3. The first-order valence-corrected chi connectivity index (χ1v) is 12.6. The van der Waals surface area contributed by atoms with Gasteiger partial charge in [-0.15, -0.1) is 12.4 Å². The molecule has 9 heteroatoms. The highest BCUT2D eigenvalue weighted by molar-refractivity contribution is 5.94. The topological polar surface area (TPSA) is 89.4 Å². The number of hydrogen-bond donors (Lipinski definition) is 1. The largest absolute Gasteiger partial charge is 0.490 e. The second kappa shape index (κ2) is 12.2. The first kappa shape index (κ1) is 28.2. The van der Waals surface area contributed by atoms with Gasteiger partial charge in [0.1, 0.15) is 11.9 Å². The van der Waals surface area contributed by atoms with Crippen molar-refractivity contribution in [2.45, 2.75) is 59.5 Å². The third-order valence-electron chi connectivity index (χ3n) is 6.23. The fourth-order valence-corrected chi connectivity index (χ4v) is 4.07. The minimum absolute atomic E-state index is 0. The molecule has 3 aromatic rings. The fourth-order valence-electron chi connectivity index (χ4n) is 4.07. The Balaban J connectivity index is 0.00000380. The number of nitrogens with zero attached hydrogens (tertiary/aromatic N) is 4.